The lowest BCUT2D eigenvalue weighted by Gasteiger charge is -2.06. The summed E-state index contributed by atoms with van der Waals surface area (Å²) in [5.74, 6) is -1.80. The third-order valence-electron chi connectivity index (χ3n) is 1.64. The van der Waals surface area contributed by atoms with Gasteiger partial charge >= 0.3 is 0 Å². The molecule has 0 aliphatic carbocycles. The number of phenolic OH excluding ortho intramolecular Hbond substituents is 3. The molecular formula is C9H10O5. The molecule has 1 aromatic carbocycles. The Morgan fingerprint density at radius 3 is 2.21 bits per heavy atom. The Kier molecular flexibility index (Phi) is 2.93. The molecule has 0 amide bonds. The summed E-state index contributed by atoms with van der Waals surface area (Å²) in [4.78, 5) is 11.3. The zero-order valence-corrected chi connectivity index (χ0v) is 7.52. The summed E-state index contributed by atoms with van der Waals surface area (Å²) in [5.41, 5.74) is -0.246. The molecule has 76 valence electrons. The second kappa shape index (κ2) is 3.97. The number of Topliss-reactive ketones (excluding diaryl/α,β-unsaturated/α-hetero) is 1. The molecule has 0 fully saturated rings. The highest BCUT2D eigenvalue weighted by Gasteiger charge is 2.17. The first kappa shape index (κ1) is 10.3. The monoisotopic (exact) mass is 198 g/mol. The van der Waals surface area contributed by atoms with Crippen LogP contribution in [0.15, 0.2) is 12.1 Å². The van der Waals surface area contributed by atoms with Crippen LogP contribution in [0, 0.1) is 0 Å². The van der Waals surface area contributed by atoms with Crippen LogP contribution in [-0.2, 0) is 4.74 Å². The van der Waals surface area contributed by atoms with E-state index in [1.165, 1.54) is 7.11 Å². The number of benzene rings is 1. The standard InChI is InChI=1S/C9H10O5/c1-14-4-8(13)9-6(11)2-5(10)3-7(9)12/h2-3,10-12H,4H2,1H3. The van der Waals surface area contributed by atoms with Gasteiger partial charge in [0.2, 0.25) is 0 Å². The molecule has 0 saturated carbocycles. The van der Waals surface area contributed by atoms with Crippen molar-refractivity contribution >= 4 is 5.78 Å². The molecule has 0 aliphatic heterocycles. The molecule has 0 aromatic heterocycles. The molecule has 0 atom stereocenters. The number of carbonyl (C=O) groups excluding carboxylic acids is 1. The van der Waals surface area contributed by atoms with E-state index < -0.39 is 17.3 Å². The van der Waals surface area contributed by atoms with E-state index in [0.29, 0.717) is 0 Å². The lowest BCUT2D eigenvalue weighted by atomic mass is 10.1. The SMILES string of the molecule is COCC(=O)c1c(O)cc(O)cc1O. The molecule has 5 nitrogen and oxygen atoms in total. The first-order chi connectivity index (χ1) is 6.56. The van der Waals surface area contributed by atoms with Crippen molar-refractivity contribution < 1.29 is 24.9 Å². The van der Waals surface area contributed by atoms with Gasteiger partial charge in [-0.2, -0.15) is 0 Å². The first-order valence-electron chi connectivity index (χ1n) is 3.83. The van der Waals surface area contributed by atoms with Crippen LogP contribution >= 0.6 is 0 Å². The van der Waals surface area contributed by atoms with Gasteiger partial charge in [0.05, 0.1) is 0 Å². The van der Waals surface area contributed by atoms with Crippen LogP contribution in [0.1, 0.15) is 10.4 Å². The minimum absolute atomic E-state index is 0.244. The number of aromatic hydroxyl groups is 3. The summed E-state index contributed by atoms with van der Waals surface area (Å²) in [6.45, 7) is -0.244. The van der Waals surface area contributed by atoms with E-state index in [4.69, 9.17) is 5.11 Å². The van der Waals surface area contributed by atoms with Crippen LogP contribution in [0.3, 0.4) is 0 Å². The zero-order chi connectivity index (χ0) is 10.7. The van der Waals surface area contributed by atoms with Gasteiger partial charge in [-0.25, -0.2) is 0 Å². The third-order valence-corrected chi connectivity index (χ3v) is 1.64. The Hall–Kier alpha value is -1.75. The second-order valence-electron chi connectivity index (χ2n) is 2.72. The largest absolute Gasteiger partial charge is 0.508 e. The normalized spacial score (nSPS) is 10.1. The highest BCUT2D eigenvalue weighted by Crippen LogP contribution is 2.31. The molecule has 5 heteroatoms. The van der Waals surface area contributed by atoms with Gasteiger partial charge < -0.3 is 20.1 Å². The van der Waals surface area contributed by atoms with Gasteiger partial charge in [0.25, 0.3) is 0 Å². The van der Waals surface area contributed by atoms with E-state index >= 15 is 0 Å². The fourth-order valence-corrected chi connectivity index (χ4v) is 1.09. The van der Waals surface area contributed by atoms with Crippen molar-refractivity contribution in [1.29, 1.82) is 0 Å². The number of hydrogen-bond donors (Lipinski definition) is 3. The van der Waals surface area contributed by atoms with Crippen LogP contribution in [0.4, 0.5) is 0 Å². The van der Waals surface area contributed by atoms with Crippen LogP contribution in [0.5, 0.6) is 17.2 Å². The summed E-state index contributed by atoms with van der Waals surface area (Å²) in [5, 5.41) is 27.5. The minimum Gasteiger partial charge on any atom is -0.508 e. The van der Waals surface area contributed by atoms with Gasteiger partial charge in [0.1, 0.15) is 29.4 Å². The van der Waals surface area contributed by atoms with Gasteiger partial charge in [-0.3, -0.25) is 4.79 Å². The maximum absolute atomic E-state index is 11.3. The summed E-state index contributed by atoms with van der Waals surface area (Å²) in [7, 11) is 1.33. The smallest absolute Gasteiger partial charge is 0.195 e. The number of rotatable bonds is 3. The van der Waals surface area contributed by atoms with Crippen molar-refractivity contribution in [1.82, 2.24) is 0 Å². The van der Waals surface area contributed by atoms with Gasteiger partial charge in [0, 0.05) is 19.2 Å². The fourth-order valence-electron chi connectivity index (χ4n) is 1.09. The lowest BCUT2D eigenvalue weighted by molar-refractivity contribution is 0.0842. The Morgan fingerprint density at radius 2 is 1.79 bits per heavy atom. The maximum Gasteiger partial charge on any atom is 0.195 e. The van der Waals surface area contributed by atoms with Gasteiger partial charge in [0.15, 0.2) is 5.78 Å². The molecule has 0 heterocycles. The molecule has 1 aromatic rings. The van der Waals surface area contributed by atoms with Crippen molar-refractivity contribution in [3.8, 4) is 17.2 Å². The third kappa shape index (κ3) is 1.94. The van der Waals surface area contributed by atoms with Crippen molar-refractivity contribution in [3.05, 3.63) is 17.7 Å². The quantitative estimate of drug-likeness (QED) is 0.620. The Balaban J connectivity index is 3.14. The molecular weight excluding hydrogens is 188 g/mol. The number of ketones is 1. The lowest BCUT2D eigenvalue weighted by Crippen LogP contribution is -2.07. The van der Waals surface area contributed by atoms with Crippen molar-refractivity contribution in [2.24, 2.45) is 0 Å². The first-order valence-corrected chi connectivity index (χ1v) is 3.83. The number of hydrogen-bond acceptors (Lipinski definition) is 5. The van der Waals surface area contributed by atoms with E-state index in [1.54, 1.807) is 0 Å². The van der Waals surface area contributed by atoms with Crippen LogP contribution in [0.2, 0.25) is 0 Å². The summed E-state index contributed by atoms with van der Waals surface area (Å²) in [6, 6.07) is 1.95. The highest BCUT2D eigenvalue weighted by atomic mass is 16.5. The molecule has 3 N–H and O–H groups in total. The Bertz CT molecular complexity index is 335. The molecule has 0 radical (unpaired) electrons. The molecule has 0 saturated heterocycles. The average molecular weight is 198 g/mol. The highest BCUT2D eigenvalue weighted by molar-refractivity contribution is 6.02. The number of ether oxygens (including phenoxy) is 1. The van der Waals surface area contributed by atoms with Crippen LogP contribution in [0.25, 0.3) is 0 Å². The van der Waals surface area contributed by atoms with Crippen LogP contribution < -0.4 is 0 Å². The van der Waals surface area contributed by atoms with E-state index in [2.05, 4.69) is 4.74 Å². The number of carbonyl (C=O) groups is 1. The average Bonchev–Trinajstić information content (AvgIpc) is 2.01. The summed E-state index contributed by atoms with van der Waals surface area (Å²) in [6.07, 6.45) is 0. The van der Waals surface area contributed by atoms with E-state index in [9.17, 15) is 15.0 Å². The summed E-state index contributed by atoms with van der Waals surface area (Å²) >= 11 is 0. The van der Waals surface area contributed by atoms with E-state index in [-0.39, 0.29) is 17.9 Å². The maximum atomic E-state index is 11.3. The van der Waals surface area contributed by atoms with Gasteiger partial charge in [-0.1, -0.05) is 0 Å². The number of phenols is 3. The number of methoxy groups -OCH3 is 1. The van der Waals surface area contributed by atoms with Gasteiger partial charge in [-0.05, 0) is 0 Å². The molecule has 0 unspecified atom stereocenters. The predicted octanol–water partition coefficient (Wildman–Crippen LogP) is 0.632. The summed E-state index contributed by atoms with van der Waals surface area (Å²) < 4.78 is 4.56. The molecule has 1 rings (SSSR count). The van der Waals surface area contributed by atoms with Crippen LogP contribution in [-0.4, -0.2) is 34.8 Å². The minimum atomic E-state index is -0.553. The fraction of sp³-hybridized carbons (Fsp3) is 0.222. The predicted molar refractivity (Wildman–Crippen MR) is 47.6 cm³/mol. The van der Waals surface area contributed by atoms with Crippen molar-refractivity contribution in [2.45, 2.75) is 0 Å². The second-order valence-corrected chi connectivity index (χ2v) is 2.72. The van der Waals surface area contributed by atoms with E-state index in [0.717, 1.165) is 12.1 Å². The molecule has 0 bridgehead atoms. The van der Waals surface area contributed by atoms with Crippen molar-refractivity contribution in [2.75, 3.05) is 13.7 Å². The van der Waals surface area contributed by atoms with Gasteiger partial charge in [-0.15, -0.1) is 0 Å². The van der Waals surface area contributed by atoms with E-state index in [1.807, 2.05) is 0 Å². The topological polar surface area (TPSA) is 87.0 Å². The molecule has 14 heavy (non-hydrogen) atoms. The molecule has 0 spiro atoms. The van der Waals surface area contributed by atoms with Crippen molar-refractivity contribution in [3.63, 3.8) is 0 Å². The molecule has 0 aliphatic rings. The zero-order valence-electron chi connectivity index (χ0n) is 7.52. The Labute approximate surface area is 80.2 Å². The Morgan fingerprint density at radius 1 is 1.29 bits per heavy atom.